The summed E-state index contributed by atoms with van der Waals surface area (Å²) in [6, 6.07) is 19.6. The largest absolute Gasteiger partial charge is 0.313 e. The van der Waals surface area contributed by atoms with Crippen molar-refractivity contribution < 1.29 is 0 Å². The van der Waals surface area contributed by atoms with Crippen molar-refractivity contribution in [2.24, 2.45) is 0 Å². The second kappa shape index (κ2) is 6.43. The van der Waals surface area contributed by atoms with Crippen molar-refractivity contribution in [2.45, 2.75) is 31.2 Å². The first-order valence-electron chi connectivity index (χ1n) is 7.34. The molecule has 1 N–H and O–H groups in total. The fourth-order valence-corrected chi connectivity index (χ4v) is 2.88. The number of hydrogen-bond donors (Lipinski definition) is 1. The second-order valence-corrected chi connectivity index (χ2v) is 6.00. The van der Waals surface area contributed by atoms with E-state index in [-0.39, 0.29) is 0 Å². The van der Waals surface area contributed by atoms with Gasteiger partial charge in [-0.1, -0.05) is 60.1 Å². The van der Waals surface area contributed by atoms with Crippen molar-refractivity contribution in [1.82, 2.24) is 5.32 Å². The average Bonchev–Trinajstić information content (AvgIpc) is 3.29. The Hall–Kier alpha value is -1.31. The zero-order valence-corrected chi connectivity index (χ0v) is 12.3. The minimum atomic E-state index is 0.437. The van der Waals surface area contributed by atoms with Gasteiger partial charge in [-0.05, 0) is 36.5 Å². The molecule has 1 nitrogen and oxygen atoms in total. The van der Waals surface area contributed by atoms with Crippen LogP contribution in [0.5, 0.6) is 0 Å². The van der Waals surface area contributed by atoms with E-state index in [0.717, 1.165) is 24.0 Å². The number of hydrogen-bond acceptors (Lipinski definition) is 1. The Morgan fingerprint density at radius 1 is 1.00 bits per heavy atom. The maximum absolute atomic E-state index is 6.39. The summed E-state index contributed by atoms with van der Waals surface area (Å²) in [6.45, 7) is 1.00. The predicted molar refractivity (Wildman–Crippen MR) is 85.4 cm³/mol. The molecule has 104 valence electrons. The summed E-state index contributed by atoms with van der Waals surface area (Å²) >= 11 is 6.39. The van der Waals surface area contributed by atoms with Crippen molar-refractivity contribution in [1.29, 1.82) is 0 Å². The standard InChI is InChI=1S/C18H20ClN/c19-18-9-5-4-8-17(18)15(13-20-16-10-11-16)12-14-6-2-1-3-7-14/h1-9,15-16,20H,10-13H2. The summed E-state index contributed by atoms with van der Waals surface area (Å²) in [5, 5.41) is 4.52. The minimum absolute atomic E-state index is 0.437. The molecule has 0 spiro atoms. The first-order chi connectivity index (χ1) is 9.83. The van der Waals surface area contributed by atoms with Crippen LogP contribution in [0.4, 0.5) is 0 Å². The zero-order valence-electron chi connectivity index (χ0n) is 11.6. The van der Waals surface area contributed by atoms with Crippen molar-refractivity contribution in [3.05, 3.63) is 70.7 Å². The molecule has 0 heterocycles. The minimum Gasteiger partial charge on any atom is -0.313 e. The molecule has 1 saturated carbocycles. The first kappa shape index (κ1) is 13.7. The van der Waals surface area contributed by atoms with E-state index < -0.39 is 0 Å². The smallest absolute Gasteiger partial charge is 0.0441 e. The van der Waals surface area contributed by atoms with E-state index in [0.29, 0.717) is 5.92 Å². The lowest BCUT2D eigenvalue weighted by Crippen LogP contribution is -2.25. The van der Waals surface area contributed by atoms with Gasteiger partial charge in [0.2, 0.25) is 0 Å². The van der Waals surface area contributed by atoms with Gasteiger partial charge in [0.1, 0.15) is 0 Å². The topological polar surface area (TPSA) is 12.0 Å². The summed E-state index contributed by atoms with van der Waals surface area (Å²) < 4.78 is 0. The molecule has 2 heteroatoms. The molecule has 0 bridgehead atoms. The van der Waals surface area contributed by atoms with Gasteiger partial charge in [0.05, 0.1) is 0 Å². The van der Waals surface area contributed by atoms with Crippen LogP contribution in [-0.2, 0) is 6.42 Å². The molecule has 0 aliphatic heterocycles. The highest BCUT2D eigenvalue weighted by molar-refractivity contribution is 6.31. The molecule has 0 amide bonds. The summed E-state index contributed by atoms with van der Waals surface area (Å²) in [5.41, 5.74) is 2.63. The Balaban J connectivity index is 1.77. The van der Waals surface area contributed by atoms with Crippen molar-refractivity contribution in [3.8, 4) is 0 Å². The molecule has 2 aromatic carbocycles. The van der Waals surface area contributed by atoms with Crippen LogP contribution in [0, 0.1) is 0 Å². The summed E-state index contributed by atoms with van der Waals surface area (Å²) in [4.78, 5) is 0. The van der Waals surface area contributed by atoms with Crippen LogP contribution in [0.3, 0.4) is 0 Å². The molecule has 20 heavy (non-hydrogen) atoms. The Kier molecular flexibility index (Phi) is 4.39. The molecule has 1 aliphatic carbocycles. The van der Waals surface area contributed by atoms with Gasteiger partial charge >= 0.3 is 0 Å². The fraction of sp³-hybridized carbons (Fsp3) is 0.333. The average molecular weight is 286 g/mol. The number of nitrogens with one attached hydrogen (secondary N) is 1. The monoisotopic (exact) mass is 285 g/mol. The lowest BCUT2D eigenvalue weighted by molar-refractivity contribution is 0.577. The molecule has 0 aromatic heterocycles. The van der Waals surface area contributed by atoms with Gasteiger partial charge in [-0.2, -0.15) is 0 Å². The second-order valence-electron chi connectivity index (χ2n) is 5.59. The maximum Gasteiger partial charge on any atom is 0.0441 e. The Morgan fingerprint density at radius 3 is 2.40 bits per heavy atom. The molecule has 0 radical (unpaired) electrons. The Bertz CT molecular complexity index is 548. The molecule has 1 aliphatic rings. The maximum atomic E-state index is 6.39. The molecule has 0 saturated heterocycles. The third-order valence-electron chi connectivity index (χ3n) is 3.90. The van der Waals surface area contributed by atoms with E-state index >= 15 is 0 Å². The lowest BCUT2D eigenvalue weighted by atomic mass is 9.92. The van der Waals surface area contributed by atoms with Gasteiger partial charge in [-0.3, -0.25) is 0 Å². The van der Waals surface area contributed by atoms with Gasteiger partial charge in [-0.25, -0.2) is 0 Å². The third kappa shape index (κ3) is 3.62. The van der Waals surface area contributed by atoms with Crippen LogP contribution < -0.4 is 5.32 Å². The highest BCUT2D eigenvalue weighted by Gasteiger charge is 2.23. The van der Waals surface area contributed by atoms with Crippen LogP contribution in [0.15, 0.2) is 54.6 Å². The molecule has 1 atom stereocenters. The van der Waals surface area contributed by atoms with E-state index in [1.807, 2.05) is 12.1 Å². The molecular weight excluding hydrogens is 266 g/mol. The van der Waals surface area contributed by atoms with E-state index in [1.165, 1.54) is 24.0 Å². The van der Waals surface area contributed by atoms with Crippen LogP contribution in [0.1, 0.15) is 29.9 Å². The van der Waals surface area contributed by atoms with Crippen LogP contribution in [0.25, 0.3) is 0 Å². The zero-order chi connectivity index (χ0) is 13.8. The molecular formula is C18H20ClN. The quantitative estimate of drug-likeness (QED) is 0.828. The molecule has 2 aromatic rings. The van der Waals surface area contributed by atoms with Crippen LogP contribution >= 0.6 is 11.6 Å². The van der Waals surface area contributed by atoms with Gasteiger partial charge in [0.25, 0.3) is 0 Å². The van der Waals surface area contributed by atoms with E-state index in [9.17, 15) is 0 Å². The normalized spacial score (nSPS) is 16.1. The van der Waals surface area contributed by atoms with E-state index in [4.69, 9.17) is 11.6 Å². The van der Waals surface area contributed by atoms with Gasteiger partial charge < -0.3 is 5.32 Å². The Labute approximate surface area is 126 Å². The van der Waals surface area contributed by atoms with Gasteiger partial charge in [-0.15, -0.1) is 0 Å². The lowest BCUT2D eigenvalue weighted by Gasteiger charge is -2.19. The molecule has 3 rings (SSSR count). The van der Waals surface area contributed by atoms with Crippen molar-refractivity contribution >= 4 is 11.6 Å². The molecule has 1 unspecified atom stereocenters. The predicted octanol–water partition coefficient (Wildman–Crippen LogP) is 4.42. The third-order valence-corrected chi connectivity index (χ3v) is 4.24. The SMILES string of the molecule is Clc1ccccc1C(CNC1CC1)Cc1ccccc1. The molecule has 1 fully saturated rings. The Morgan fingerprint density at radius 2 is 1.70 bits per heavy atom. The number of rotatable bonds is 6. The first-order valence-corrected chi connectivity index (χ1v) is 7.72. The number of halogens is 1. The highest BCUT2D eigenvalue weighted by atomic mass is 35.5. The van der Waals surface area contributed by atoms with Crippen molar-refractivity contribution in [3.63, 3.8) is 0 Å². The summed E-state index contributed by atoms with van der Waals surface area (Å²) in [5.74, 6) is 0.437. The fourth-order valence-electron chi connectivity index (χ4n) is 2.59. The van der Waals surface area contributed by atoms with Crippen LogP contribution in [0.2, 0.25) is 5.02 Å². The van der Waals surface area contributed by atoms with Gasteiger partial charge in [0.15, 0.2) is 0 Å². The summed E-state index contributed by atoms with van der Waals surface area (Å²) in [7, 11) is 0. The summed E-state index contributed by atoms with van der Waals surface area (Å²) in [6.07, 6.45) is 3.67. The highest BCUT2D eigenvalue weighted by Crippen LogP contribution is 2.28. The van der Waals surface area contributed by atoms with Crippen molar-refractivity contribution in [2.75, 3.05) is 6.54 Å². The van der Waals surface area contributed by atoms with Gasteiger partial charge in [0, 0.05) is 23.5 Å². The van der Waals surface area contributed by atoms with E-state index in [1.54, 1.807) is 0 Å². The van der Waals surface area contributed by atoms with Crippen LogP contribution in [-0.4, -0.2) is 12.6 Å². The number of benzene rings is 2. The van der Waals surface area contributed by atoms with E-state index in [2.05, 4.69) is 47.8 Å².